The Labute approximate surface area is 258 Å². The first-order valence-electron chi connectivity index (χ1n) is 9.05. The smallest absolute Gasteiger partial charge is 0.235 e. The number of thiophene rings is 4. The van der Waals surface area contributed by atoms with E-state index in [1.165, 1.54) is 45.3 Å². The molecule has 0 radical (unpaired) electrons. The molecule has 180 valence electrons. The van der Waals surface area contributed by atoms with E-state index in [1.54, 1.807) is 24.3 Å². The molecule has 0 aliphatic heterocycles. The molecule has 0 saturated heterocycles. The SMILES string of the molecule is ClCCl.O=C1C(=O)c2cc(Br)sc2-c2sc(Br)cc21.O=C1C(=O)c2cc(Br)sc2-c2sc(Br)cc21. The van der Waals surface area contributed by atoms with E-state index < -0.39 is 23.1 Å². The molecular weight excluding hydrogens is 835 g/mol. The number of rotatable bonds is 0. The average molecular weight is 841 g/mol. The van der Waals surface area contributed by atoms with Crippen LogP contribution < -0.4 is 0 Å². The van der Waals surface area contributed by atoms with Gasteiger partial charge in [-0.25, -0.2) is 0 Å². The monoisotopic (exact) mass is 836 g/mol. The Balaban J connectivity index is 0.000000149. The van der Waals surface area contributed by atoms with Gasteiger partial charge in [0, 0.05) is 22.3 Å². The van der Waals surface area contributed by atoms with Crippen molar-refractivity contribution >= 4 is 155 Å². The molecule has 0 aromatic carbocycles. The van der Waals surface area contributed by atoms with Crippen LogP contribution in [0.25, 0.3) is 19.5 Å². The number of ketones is 4. The predicted octanol–water partition coefficient (Wildman–Crippen LogP) is 10.2. The minimum atomic E-state index is -0.408. The maximum atomic E-state index is 11.8. The van der Waals surface area contributed by atoms with E-state index in [9.17, 15) is 19.2 Å². The van der Waals surface area contributed by atoms with Crippen molar-refractivity contribution < 1.29 is 19.2 Å². The highest BCUT2D eigenvalue weighted by molar-refractivity contribution is 9.11. The fraction of sp³-hybridized carbons (Fsp3) is 0.0476. The summed E-state index contributed by atoms with van der Waals surface area (Å²) in [5.41, 5.74) is 2.07. The lowest BCUT2D eigenvalue weighted by molar-refractivity contribution is 0.0816. The van der Waals surface area contributed by atoms with Crippen molar-refractivity contribution in [2.75, 3.05) is 5.34 Å². The third-order valence-electron chi connectivity index (χ3n) is 4.61. The largest absolute Gasteiger partial charge is 0.285 e. The molecule has 0 spiro atoms. The van der Waals surface area contributed by atoms with Gasteiger partial charge in [0.1, 0.15) is 0 Å². The van der Waals surface area contributed by atoms with Gasteiger partial charge in [-0.15, -0.1) is 68.5 Å². The maximum Gasteiger partial charge on any atom is 0.235 e. The number of carbonyl (C=O) groups is 4. The van der Waals surface area contributed by atoms with Crippen LogP contribution in [-0.2, 0) is 0 Å². The van der Waals surface area contributed by atoms with Gasteiger partial charge in [0.25, 0.3) is 0 Å². The molecule has 4 heterocycles. The molecule has 6 rings (SSSR count). The van der Waals surface area contributed by atoms with Gasteiger partial charge in [-0.2, -0.15) is 0 Å². The van der Waals surface area contributed by atoms with Crippen molar-refractivity contribution in [1.29, 1.82) is 0 Å². The highest BCUT2D eigenvalue weighted by Crippen LogP contribution is 2.47. The number of alkyl halides is 2. The van der Waals surface area contributed by atoms with Crippen molar-refractivity contribution in [1.82, 2.24) is 0 Å². The van der Waals surface area contributed by atoms with Gasteiger partial charge >= 0.3 is 0 Å². The summed E-state index contributed by atoms with van der Waals surface area (Å²) in [6.45, 7) is 0. The van der Waals surface area contributed by atoms with E-state index >= 15 is 0 Å². The second kappa shape index (κ2) is 11.4. The van der Waals surface area contributed by atoms with E-state index in [1.807, 2.05) is 0 Å². The summed E-state index contributed by atoms with van der Waals surface area (Å²) in [5, 5.41) is 0.194. The van der Waals surface area contributed by atoms with Crippen LogP contribution in [0.5, 0.6) is 0 Å². The van der Waals surface area contributed by atoms with Crippen LogP contribution in [0.1, 0.15) is 41.4 Å². The van der Waals surface area contributed by atoms with E-state index in [2.05, 4.69) is 63.7 Å². The lowest BCUT2D eigenvalue weighted by Gasteiger charge is -2.08. The fourth-order valence-corrected chi connectivity index (χ4v) is 9.98. The maximum absolute atomic E-state index is 11.8. The Morgan fingerprint density at radius 2 is 0.657 bits per heavy atom. The molecule has 0 saturated carbocycles. The van der Waals surface area contributed by atoms with Crippen LogP contribution in [0.2, 0.25) is 0 Å². The molecule has 0 bridgehead atoms. The van der Waals surface area contributed by atoms with Crippen LogP contribution >= 0.6 is 132 Å². The summed E-state index contributed by atoms with van der Waals surface area (Å²) in [4.78, 5) is 50.9. The first-order chi connectivity index (χ1) is 16.6. The zero-order valence-electron chi connectivity index (χ0n) is 16.6. The van der Waals surface area contributed by atoms with Crippen molar-refractivity contribution in [2.45, 2.75) is 0 Å². The molecule has 35 heavy (non-hydrogen) atoms. The van der Waals surface area contributed by atoms with Crippen molar-refractivity contribution in [2.24, 2.45) is 0 Å². The lowest BCUT2D eigenvalue weighted by Crippen LogP contribution is -2.18. The second-order valence-corrected chi connectivity index (χ2v) is 17.1. The summed E-state index contributed by atoms with van der Waals surface area (Å²) >= 11 is 28.9. The zero-order chi connectivity index (χ0) is 25.6. The fourth-order valence-electron chi connectivity index (χ4n) is 3.28. The Morgan fingerprint density at radius 3 is 0.829 bits per heavy atom. The van der Waals surface area contributed by atoms with Crippen molar-refractivity contribution in [3.63, 3.8) is 0 Å². The molecule has 2 aliphatic rings. The summed E-state index contributed by atoms with van der Waals surface area (Å²) < 4.78 is 3.49. The number of fused-ring (bicyclic) bond motifs is 6. The van der Waals surface area contributed by atoms with Gasteiger partial charge < -0.3 is 0 Å². The van der Waals surface area contributed by atoms with Crippen LogP contribution in [0.15, 0.2) is 39.4 Å². The van der Waals surface area contributed by atoms with Crippen LogP contribution in [0, 0.1) is 0 Å². The van der Waals surface area contributed by atoms with Crippen LogP contribution in [0.4, 0.5) is 0 Å². The van der Waals surface area contributed by atoms with Crippen LogP contribution in [-0.4, -0.2) is 28.5 Å². The first kappa shape index (κ1) is 28.0. The molecule has 4 aromatic heterocycles. The standard InChI is InChI=1S/2C10H2Br2O2S2.CH2Cl2/c2*11-5-1-3-7(13)8(14)4-2-6(12)16-10(4)9(3)15-5;2-1-3/h2*1-2H;1H2. The van der Waals surface area contributed by atoms with Gasteiger partial charge in [-0.05, 0) is 88.0 Å². The summed E-state index contributed by atoms with van der Waals surface area (Å²) in [6, 6.07) is 6.88. The number of Topliss-reactive ketones (excluding diaryl/α,β-unsaturated/α-hetero) is 4. The van der Waals surface area contributed by atoms with E-state index in [4.69, 9.17) is 23.2 Å². The summed E-state index contributed by atoms with van der Waals surface area (Å²) in [7, 11) is 0. The van der Waals surface area contributed by atoms with Crippen molar-refractivity contribution in [3.8, 4) is 19.5 Å². The Morgan fingerprint density at radius 1 is 0.486 bits per heavy atom. The lowest BCUT2D eigenvalue weighted by atomic mass is 9.96. The predicted molar refractivity (Wildman–Crippen MR) is 160 cm³/mol. The molecule has 0 atom stereocenters. The molecule has 4 aromatic rings. The molecule has 2 aliphatic carbocycles. The number of carbonyl (C=O) groups excluding carboxylic acids is 4. The molecule has 0 unspecified atom stereocenters. The van der Waals surface area contributed by atoms with E-state index in [0.717, 1.165) is 34.7 Å². The molecular formula is C21H6Br4Cl2O4S4. The first-order valence-corrected chi connectivity index (χ1v) is 16.6. The second-order valence-electron chi connectivity index (χ2n) is 6.59. The summed E-state index contributed by atoms with van der Waals surface area (Å²) in [5.74, 6) is -1.63. The zero-order valence-corrected chi connectivity index (χ0v) is 27.7. The van der Waals surface area contributed by atoms with Gasteiger partial charge in [0.05, 0.1) is 40.0 Å². The van der Waals surface area contributed by atoms with Gasteiger partial charge in [-0.1, -0.05) is 0 Å². The number of hydrogen-bond donors (Lipinski definition) is 0. The minimum absolute atomic E-state index is 0.194. The normalized spacial score (nSPS) is 13.2. The van der Waals surface area contributed by atoms with Gasteiger partial charge in [0.2, 0.25) is 23.1 Å². The molecule has 14 heteroatoms. The third-order valence-corrected chi connectivity index (χ3v) is 11.5. The quantitative estimate of drug-likeness (QED) is 0.131. The molecule has 0 amide bonds. The van der Waals surface area contributed by atoms with Gasteiger partial charge in [0.15, 0.2) is 0 Å². The number of halogens is 6. The minimum Gasteiger partial charge on any atom is -0.285 e. The third kappa shape index (κ3) is 5.43. The van der Waals surface area contributed by atoms with E-state index in [0.29, 0.717) is 22.3 Å². The van der Waals surface area contributed by atoms with Crippen molar-refractivity contribution in [3.05, 3.63) is 61.7 Å². The topological polar surface area (TPSA) is 68.3 Å². The molecule has 0 fully saturated rings. The molecule has 0 N–H and O–H groups in total. The van der Waals surface area contributed by atoms with Crippen LogP contribution in [0.3, 0.4) is 0 Å². The Hall–Kier alpha value is -0.0200. The molecule has 4 nitrogen and oxygen atoms in total. The number of hydrogen-bond acceptors (Lipinski definition) is 8. The highest BCUT2D eigenvalue weighted by atomic mass is 79.9. The Bertz CT molecular complexity index is 1310. The average Bonchev–Trinajstić information content (AvgIpc) is 3.56. The summed E-state index contributed by atoms with van der Waals surface area (Å²) in [6.07, 6.45) is 0. The Kier molecular flexibility index (Phi) is 9.11. The van der Waals surface area contributed by atoms with Gasteiger partial charge in [-0.3, -0.25) is 19.2 Å². The highest BCUT2D eigenvalue weighted by Gasteiger charge is 2.35. The van der Waals surface area contributed by atoms with E-state index in [-0.39, 0.29) is 5.34 Å².